The van der Waals surface area contributed by atoms with Crippen molar-refractivity contribution in [1.82, 2.24) is 10.2 Å². The molecule has 0 heterocycles. The fourth-order valence-corrected chi connectivity index (χ4v) is 1.39. The number of nitrogens with zero attached hydrogens (tertiary/aromatic N) is 1. The van der Waals surface area contributed by atoms with Gasteiger partial charge in [0.2, 0.25) is 0 Å². The lowest BCUT2D eigenvalue weighted by Crippen LogP contribution is -2.45. The Balaban J connectivity index is 4.03. The summed E-state index contributed by atoms with van der Waals surface area (Å²) in [5.74, 6) is -0.836. The molecule has 0 aromatic carbocycles. The molecule has 6 heteroatoms. The molecule has 0 aromatic rings. The van der Waals surface area contributed by atoms with E-state index in [1.165, 1.54) is 0 Å². The number of aliphatic carboxylic acids is 1. The van der Waals surface area contributed by atoms with Gasteiger partial charge in [0.25, 0.3) is 0 Å². The van der Waals surface area contributed by atoms with Crippen molar-refractivity contribution in [2.45, 2.75) is 39.2 Å². The second-order valence-corrected chi connectivity index (χ2v) is 4.16. The molecule has 0 bridgehead atoms. The molecular weight excluding hydrogens is 222 g/mol. The van der Waals surface area contributed by atoms with Crippen LogP contribution >= 0.6 is 0 Å². The highest BCUT2D eigenvalue weighted by molar-refractivity contribution is 5.74. The first kappa shape index (κ1) is 15.7. The lowest BCUT2D eigenvalue weighted by atomic mass is 10.2. The zero-order valence-electron chi connectivity index (χ0n) is 10.6. The summed E-state index contributed by atoms with van der Waals surface area (Å²) in [7, 11) is 0. The predicted molar refractivity (Wildman–Crippen MR) is 65.8 cm³/mol. The average Bonchev–Trinajstić information content (AvgIpc) is 2.23. The summed E-state index contributed by atoms with van der Waals surface area (Å²) in [6, 6.07) is -0.0967. The molecule has 4 N–H and O–H groups in total. The first-order valence-corrected chi connectivity index (χ1v) is 5.95. The van der Waals surface area contributed by atoms with E-state index in [0.29, 0.717) is 26.1 Å². The number of hydrogen-bond donors (Lipinski definition) is 3. The number of carboxylic acid groups (broad SMARTS) is 1. The summed E-state index contributed by atoms with van der Waals surface area (Å²) in [4.78, 5) is 23.8. The normalized spacial score (nSPS) is 10.4. The van der Waals surface area contributed by atoms with Crippen LogP contribution in [0, 0.1) is 0 Å². The number of hydrogen-bond acceptors (Lipinski definition) is 3. The summed E-state index contributed by atoms with van der Waals surface area (Å²) in [5, 5.41) is 11.3. The van der Waals surface area contributed by atoms with Gasteiger partial charge in [-0.2, -0.15) is 0 Å². The van der Waals surface area contributed by atoms with Crippen LogP contribution in [0.25, 0.3) is 0 Å². The minimum atomic E-state index is -0.836. The van der Waals surface area contributed by atoms with Crippen LogP contribution in [0.3, 0.4) is 0 Å². The van der Waals surface area contributed by atoms with Gasteiger partial charge in [-0.3, -0.25) is 4.79 Å². The standard InChI is InChI=1S/C11H23N3O3/c1-9(2)14(8-3-5-10(15)16)11(17)13-7-4-6-12/h9H,3-8,12H2,1-2H3,(H,13,17)(H,15,16). The Bertz CT molecular complexity index is 244. The zero-order chi connectivity index (χ0) is 13.3. The van der Waals surface area contributed by atoms with Gasteiger partial charge in [-0.05, 0) is 33.2 Å². The van der Waals surface area contributed by atoms with Crippen molar-refractivity contribution in [2.24, 2.45) is 5.73 Å². The van der Waals surface area contributed by atoms with Gasteiger partial charge in [-0.15, -0.1) is 0 Å². The van der Waals surface area contributed by atoms with E-state index in [2.05, 4.69) is 5.32 Å². The lowest BCUT2D eigenvalue weighted by Gasteiger charge is -2.26. The third-order valence-electron chi connectivity index (χ3n) is 2.33. The smallest absolute Gasteiger partial charge is 0.317 e. The molecule has 0 spiro atoms. The molecule has 6 nitrogen and oxygen atoms in total. The van der Waals surface area contributed by atoms with Gasteiger partial charge < -0.3 is 21.1 Å². The number of rotatable bonds is 8. The van der Waals surface area contributed by atoms with Crippen molar-refractivity contribution in [3.8, 4) is 0 Å². The number of urea groups is 1. The van der Waals surface area contributed by atoms with Gasteiger partial charge >= 0.3 is 12.0 Å². The van der Waals surface area contributed by atoms with E-state index in [-0.39, 0.29) is 18.5 Å². The van der Waals surface area contributed by atoms with Crippen LogP contribution in [-0.4, -0.2) is 47.7 Å². The fourth-order valence-electron chi connectivity index (χ4n) is 1.39. The van der Waals surface area contributed by atoms with Gasteiger partial charge in [0.15, 0.2) is 0 Å². The second kappa shape index (κ2) is 8.81. The Kier molecular flexibility index (Phi) is 8.13. The summed E-state index contributed by atoms with van der Waals surface area (Å²) < 4.78 is 0. The number of amides is 2. The van der Waals surface area contributed by atoms with Crippen molar-refractivity contribution < 1.29 is 14.7 Å². The molecule has 0 rings (SSSR count). The number of carbonyl (C=O) groups is 2. The summed E-state index contributed by atoms with van der Waals surface area (Å²) in [6.45, 7) is 5.36. The highest BCUT2D eigenvalue weighted by Crippen LogP contribution is 2.02. The molecule has 17 heavy (non-hydrogen) atoms. The minimum Gasteiger partial charge on any atom is -0.481 e. The van der Waals surface area contributed by atoms with Crippen molar-refractivity contribution in [2.75, 3.05) is 19.6 Å². The molecule has 0 saturated heterocycles. The van der Waals surface area contributed by atoms with E-state index in [1.807, 2.05) is 13.8 Å². The van der Waals surface area contributed by atoms with Crippen LogP contribution in [0.5, 0.6) is 0 Å². The van der Waals surface area contributed by atoms with Crippen LogP contribution in [0.15, 0.2) is 0 Å². The van der Waals surface area contributed by atoms with E-state index < -0.39 is 5.97 Å². The first-order chi connectivity index (χ1) is 7.99. The van der Waals surface area contributed by atoms with Gasteiger partial charge in [0.05, 0.1) is 0 Å². The van der Waals surface area contributed by atoms with E-state index in [4.69, 9.17) is 10.8 Å². The number of carboxylic acids is 1. The maximum atomic E-state index is 11.8. The lowest BCUT2D eigenvalue weighted by molar-refractivity contribution is -0.137. The Morgan fingerprint density at radius 1 is 1.35 bits per heavy atom. The monoisotopic (exact) mass is 245 g/mol. The zero-order valence-corrected chi connectivity index (χ0v) is 10.6. The van der Waals surface area contributed by atoms with Crippen LogP contribution in [0.1, 0.15) is 33.1 Å². The minimum absolute atomic E-state index is 0.0571. The van der Waals surface area contributed by atoms with E-state index in [1.54, 1.807) is 4.90 Å². The van der Waals surface area contributed by atoms with E-state index in [9.17, 15) is 9.59 Å². The summed E-state index contributed by atoms with van der Waals surface area (Å²) in [6.07, 6.45) is 1.30. The molecule has 0 aliphatic carbocycles. The van der Waals surface area contributed by atoms with E-state index >= 15 is 0 Å². The molecule has 0 fully saturated rings. The van der Waals surface area contributed by atoms with Crippen molar-refractivity contribution in [3.05, 3.63) is 0 Å². The Morgan fingerprint density at radius 2 is 2.00 bits per heavy atom. The third-order valence-corrected chi connectivity index (χ3v) is 2.33. The molecule has 2 amide bonds. The SMILES string of the molecule is CC(C)N(CCCC(=O)O)C(=O)NCCCN. The third kappa shape index (κ3) is 7.57. The quantitative estimate of drug-likeness (QED) is 0.546. The molecule has 0 atom stereocenters. The van der Waals surface area contributed by atoms with Gasteiger partial charge in [-0.1, -0.05) is 0 Å². The van der Waals surface area contributed by atoms with Crippen LogP contribution in [-0.2, 0) is 4.79 Å². The molecule has 0 aliphatic rings. The Morgan fingerprint density at radius 3 is 2.47 bits per heavy atom. The highest BCUT2D eigenvalue weighted by Gasteiger charge is 2.16. The maximum absolute atomic E-state index is 11.8. The molecule has 0 unspecified atom stereocenters. The van der Waals surface area contributed by atoms with Gasteiger partial charge in [-0.25, -0.2) is 4.79 Å². The van der Waals surface area contributed by atoms with Crippen molar-refractivity contribution in [1.29, 1.82) is 0 Å². The van der Waals surface area contributed by atoms with Gasteiger partial charge in [0.1, 0.15) is 0 Å². The number of carbonyl (C=O) groups excluding carboxylic acids is 1. The predicted octanol–water partition coefficient (Wildman–Crippen LogP) is 0.620. The fraction of sp³-hybridized carbons (Fsp3) is 0.818. The Hall–Kier alpha value is -1.30. The van der Waals surface area contributed by atoms with Crippen LogP contribution in [0.4, 0.5) is 4.79 Å². The van der Waals surface area contributed by atoms with E-state index in [0.717, 1.165) is 6.42 Å². The first-order valence-electron chi connectivity index (χ1n) is 5.95. The molecular formula is C11H23N3O3. The largest absolute Gasteiger partial charge is 0.481 e. The number of nitrogens with one attached hydrogen (secondary N) is 1. The van der Waals surface area contributed by atoms with Crippen molar-refractivity contribution in [3.63, 3.8) is 0 Å². The molecule has 100 valence electrons. The molecule has 0 radical (unpaired) electrons. The molecule has 0 saturated carbocycles. The van der Waals surface area contributed by atoms with Crippen LogP contribution in [0.2, 0.25) is 0 Å². The second-order valence-electron chi connectivity index (χ2n) is 4.16. The summed E-state index contributed by atoms with van der Waals surface area (Å²) in [5.41, 5.74) is 5.33. The van der Waals surface area contributed by atoms with Crippen LogP contribution < -0.4 is 11.1 Å². The number of nitrogens with two attached hydrogens (primary N) is 1. The topological polar surface area (TPSA) is 95.7 Å². The maximum Gasteiger partial charge on any atom is 0.317 e. The van der Waals surface area contributed by atoms with Crippen molar-refractivity contribution >= 4 is 12.0 Å². The van der Waals surface area contributed by atoms with Gasteiger partial charge in [0, 0.05) is 25.6 Å². The highest BCUT2D eigenvalue weighted by atomic mass is 16.4. The molecule has 0 aromatic heterocycles. The summed E-state index contributed by atoms with van der Waals surface area (Å²) >= 11 is 0. The molecule has 0 aliphatic heterocycles. The Labute approximate surface area is 102 Å². The average molecular weight is 245 g/mol.